The number of rotatable bonds is 7. The number of nitrogens with one attached hydrogen (secondary N) is 1. The molecule has 0 fully saturated rings. The zero-order chi connectivity index (χ0) is 15.1. The van der Waals surface area contributed by atoms with Gasteiger partial charge in [-0.15, -0.1) is 0 Å². The summed E-state index contributed by atoms with van der Waals surface area (Å²) in [5.74, 6) is -1.76. The van der Waals surface area contributed by atoms with Gasteiger partial charge < -0.3 is 10.2 Å². The Balaban J connectivity index is 2.39. The number of benzene rings is 1. The molecule has 1 rings (SSSR count). The van der Waals surface area contributed by atoms with E-state index in [-0.39, 0.29) is 12.5 Å². The van der Waals surface area contributed by atoms with Crippen LogP contribution in [0.2, 0.25) is 0 Å². The van der Waals surface area contributed by atoms with Crippen LogP contribution in [0, 0.1) is 11.6 Å². The van der Waals surface area contributed by atoms with Crippen LogP contribution in [0.1, 0.15) is 32.3 Å². The van der Waals surface area contributed by atoms with Crippen LogP contribution in [-0.2, 0) is 11.3 Å². The molecule has 1 N–H and O–H groups in total. The number of amides is 1. The standard InChI is InChI=1S/C15H22F2N2O/c1-11(2)18-8-4-5-15(20)19(3)10-12-6-7-13(16)14(17)9-12/h6-7,9,11,18H,4-5,8,10H2,1-3H3. The van der Waals surface area contributed by atoms with Crippen molar-refractivity contribution in [3.63, 3.8) is 0 Å². The first-order valence-electron chi connectivity index (χ1n) is 6.81. The van der Waals surface area contributed by atoms with E-state index in [0.717, 1.165) is 25.1 Å². The predicted molar refractivity (Wildman–Crippen MR) is 75.2 cm³/mol. The number of hydrogen-bond acceptors (Lipinski definition) is 2. The zero-order valence-corrected chi connectivity index (χ0v) is 12.2. The number of carbonyl (C=O) groups excluding carboxylic acids is 1. The van der Waals surface area contributed by atoms with Crippen molar-refractivity contribution >= 4 is 5.91 Å². The molecule has 0 aromatic heterocycles. The molecule has 0 spiro atoms. The van der Waals surface area contributed by atoms with Crippen molar-refractivity contribution in [1.29, 1.82) is 0 Å². The lowest BCUT2D eigenvalue weighted by Gasteiger charge is -2.17. The summed E-state index contributed by atoms with van der Waals surface area (Å²) in [6.45, 7) is 5.18. The first-order chi connectivity index (χ1) is 9.40. The minimum atomic E-state index is -0.885. The van der Waals surface area contributed by atoms with E-state index in [9.17, 15) is 13.6 Å². The highest BCUT2D eigenvalue weighted by atomic mass is 19.2. The van der Waals surface area contributed by atoms with Gasteiger partial charge in [-0.1, -0.05) is 19.9 Å². The van der Waals surface area contributed by atoms with Crippen LogP contribution in [0.3, 0.4) is 0 Å². The first-order valence-corrected chi connectivity index (χ1v) is 6.81. The SMILES string of the molecule is CC(C)NCCCC(=O)N(C)Cc1ccc(F)c(F)c1. The molecule has 0 unspecified atom stereocenters. The van der Waals surface area contributed by atoms with Gasteiger partial charge in [0.25, 0.3) is 0 Å². The van der Waals surface area contributed by atoms with Gasteiger partial charge >= 0.3 is 0 Å². The van der Waals surface area contributed by atoms with E-state index in [2.05, 4.69) is 19.2 Å². The van der Waals surface area contributed by atoms with Crippen LogP contribution in [0.15, 0.2) is 18.2 Å². The van der Waals surface area contributed by atoms with E-state index in [0.29, 0.717) is 18.0 Å². The third-order valence-electron chi connectivity index (χ3n) is 2.95. The molecule has 0 atom stereocenters. The van der Waals surface area contributed by atoms with Crippen molar-refractivity contribution in [3.8, 4) is 0 Å². The summed E-state index contributed by atoms with van der Waals surface area (Å²) in [7, 11) is 1.67. The molecule has 0 radical (unpaired) electrons. The quantitative estimate of drug-likeness (QED) is 0.781. The summed E-state index contributed by atoms with van der Waals surface area (Å²) in [6, 6.07) is 4.10. The molecule has 5 heteroatoms. The van der Waals surface area contributed by atoms with Crippen molar-refractivity contribution in [1.82, 2.24) is 10.2 Å². The molecule has 0 heterocycles. The molecular formula is C15H22F2N2O. The van der Waals surface area contributed by atoms with Crippen molar-refractivity contribution in [2.45, 2.75) is 39.3 Å². The number of carbonyl (C=O) groups is 1. The summed E-state index contributed by atoms with van der Waals surface area (Å²) in [4.78, 5) is 13.4. The fraction of sp³-hybridized carbons (Fsp3) is 0.533. The Hall–Kier alpha value is -1.49. The lowest BCUT2D eigenvalue weighted by Crippen LogP contribution is -2.28. The van der Waals surface area contributed by atoms with Crippen molar-refractivity contribution < 1.29 is 13.6 Å². The van der Waals surface area contributed by atoms with E-state index in [1.54, 1.807) is 7.05 Å². The summed E-state index contributed by atoms with van der Waals surface area (Å²) in [5.41, 5.74) is 0.583. The van der Waals surface area contributed by atoms with E-state index in [1.807, 2.05) is 0 Å². The third kappa shape index (κ3) is 5.65. The molecule has 0 saturated carbocycles. The maximum Gasteiger partial charge on any atom is 0.222 e. The molecule has 0 bridgehead atoms. The summed E-state index contributed by atoms with van der Waals surface area (Å²) >= 11 is 0. The Labute approximate surface area is 119 Å². The van der Waals surface area contributed by atoms with Gasteiger partial charge in [-0.05, 0) is 30.7 Å². The van der Waals surface area contributed by atoms with Crippen LogP contribution in [0.4, 0.5) is 8.78 Å². The van der Waals surface area contributed by atoms with Gasteiger partial charge in [-0.3, -0.25) is 4.79 Å². The Morgan fingerprint density at radius 1 is 1.30 bits per heavy atom. The average Bonchev–Trinajstić information content (AvgIpc) is 2.38. The summed E-state index contributed by atoms with van der Waals surface area (Å²) in [6.07, 6.45) is 1.21. The molecule has 0 aliphatic carbocycles. The molecular weight excluding hydrogens is 262 g/mol. The highest BCUT2D eigenvalue weighted by Gasteiger charge is 2.10. The van der Waals surface area contributed by atoms with Crippen molar-refractivity contribution in [2.24, 2.45) is 0 Å². The van der Waals surface area contributed by atoms with Crippen molar-refractivity contribution in [2.75, 3.05) is 13.6 Å². The third-order valence-corrected chi connectivity index (χ3v) is 2.95. The average molecular weight is 284 g/mol. The number of halogens is 2. The van der Waals surface area contributed by atoms with Crippen LogP contribution in [0.5, 0.6) is 0 Å². The Morgan fingerprint density at radius 2 is 2.00 bits per heavy atom. The molecule has 0 aliphatic rings. The lowest BCUT2D eigenvalue weighted by molar-refractivity contribution is -0.130. The molecule has 20 heavy (non-hydrogen) atoms. The van der Waals surface area contributed by atoms with Crippen LogP contribution < -0.4 is 5.32 Å². The molecule has 1 aromatic carbocycles. The maximum atomic E-state index is 13.1. The van der Waals surface area contributed by atoms with Gasteiger partial charge in [-0.25, -0.2) is 8.78 Å². The topological polar surface area (TPSA) is 32.3 Å². The van der Waals surface area contributed by atoms with E-state index < -0.39 is 11.6 Å². The molecule has 0 saturated heterocycles. The number of hydrogen-bond donors (Lipinski definition) is 1. The van der Waals surface area contributed by atoms with Crippen molar-refractivity contribution in [3.05, 3.63) is 35.4 Å². The second-order valence-corrected chi connectivity index (χ2v) is 5.21. The predicted octanol–water partition coefficient (Wildman–Crippen LogP) is 2.70. The van der Waals surface area contributed by atoms with E-state index >= 15 is 0 Å². The highest BCUT2D eigenvalue weighted by molar-refractivity contribution is 5.75. The molecule has 1 aromatic rings. The summed E-state index contributed by atoms with van der Waals surface area (Å²) < 4.78 is 25.9. The van der Waals surface area contributed by atoms with Crippen LogP contribution in [-0.4, -0.2) is 30.4 Å². The van der Waals surface area contributed by atoms with E-state index in [1.165, 1.54) is 11.0 Å². The zero-order valence-electron chi connectivity index (χ0n) is 12.2. The van der Waals surface area contributed by atoms with Gasteiger partial charge in [0.05, 0.1) is 0 Å². The minimum absolute atomic E-state index is 0.000268. The fourth-order valence-electron chi connectivity index (χ4n) is 1.82. The second kappa shape index (κ2) is 7.94. The van der Waals surface area contributed by atoms with Crippen LogP contribution >= 0.6 is 0 Å². The highest BCUT2D eigenvalue weighted by Crippen LogP contribution is 2.11. The van der Waals surface area contributed by atoms with Crippen LogP contribution in [0.25, 0.3) is 0 Å². The van der Waals surface area contributed by atoms with Gasteiger partial charge in [-0.2, -0.15) is 0 Å². The van der Waals surface area contributed by atoms with Gasteiger partial charge in [0.2, 0.25) is 5.91 Å². The molecule has 3 nitrogen and oxygen atoms in total. The second-order valence-electron chi connectivity index (χ2n) is 5.21. The Morgan fingerprint density at radius 3 is 2.60 bits per heavy atom. The van der Waals surface area contributed by atoms with Gasteiger partial charge in [0.15, 0.2) is 11.6 Å². The minimum Gasteiger partial charge on any atom is -0.341 e. The molecule has 1 amide bonds. The largest absolute Gasteiger partial charge is 0.341 e. The molecule has 112 valence electrons. The molecule has 0 aliphatic heterocycles. The number of nitrogens with zero attached hydrogens (tertiary/aromatic N) is 1. The first kappa shape index (κ1) is 16.6. The monoisotopic (exact) mass is 284 g/mol. The van der Waals surface area contributed by atoms with Gasteiger partial charge in [0, 0.05) is 26.1 Å². The smallest absolute Gasteiger partial charge is 0.222 e. The lowest BCUT2D eigenvalue weighted by atomic mass is 10.2. The Bertz CT molecular complexity index is 449. The van der Waals surface area contributed by atoms with Gasteiger partial charge in [0.1, 0.15) is 0 Å². The summed E-state index contributed by atoms with van der Waals surface area (Å²) in [5, 5.41) is 3.24. The Kier molecular flexibility index (Phi) is 6.58. The fourth-order valence-corrected chi connectivity index (χ4v) is 1.82. The van der Waals surface area contributed by atoms with E-state index in [4.69, 9.17) is 0 Å². The maximum absolute atomic E-state index is 13.1. The normalized spacial score (nSPS) is 10.9.